The SMILES string of the molecule is CCN(CCCN=[N+]=[N-])CC(F)(F)F. The number of hydrogen-bond acceptors (Lipinski definition) is 2. The van der Waals surface area contributed by atoms with Crippen LogP contribution >= 0.6 is 0 Å². The molecule has 0 aromatic rings. The molecule has 82 valence electrons. The van der Waals surface area contributed by atoms with Crippen LogP contribution in [-0.2, 0) is 0 Å². The summed E-state index contributed by atoms with van der Waals surface area (Å²) >= 11 is 0. The lowest BCUT2D eigenvalue weighted by molar-refractivity contribution is -0.145. The zero-order valence-electron chi connectivity index (χ0n) is 7.96. The van der Waals surface area contributed by atoms with Gasteiger partial charge in [0.1, 0.15) is 0 Å². The van der Waals surface area contributed by atoms with Gasteiger partial charge in [0.25, 0.3) is 0 Å². The fraction of sp³-hybridized carbons (Fsp3) is 1.00. The van der Waals surface area contributed by atoms with Crippen LogP contribution in [0.2, 0.25) is 0 Å². The van der Waals surface area contributed by atoms with Crippen molar-refractivity contribution in [1.82, 2.24) is 4.90 Å². The highest BCUT2D eigenvalue weighted by Gasteiger charge is 2.29. The standard InChI is InChI=1S/C7H13F3N4/c1-2-14(6-7(8,9)10)5-3-4-12-13-11/h2-6H2,1H3. The number of halogens is 3. The summed E-state index contributed by atoms with van der Waals surface area (Å²) in [6, 6.07) is 0. The van der Waals surface area contributed by atoms with E-state index in [1.54, 1.807) is 6.92 Å². The molecule has 0 saturated carbocycles. The Labute approximate surface area is 80.3 Å². The fourth-order valence-corrected chi connectivity index (χ4v) is 1.01. The Morgan fingerprint density at radius 2 is 2.07 bits per heavy atom. The number of alkyl halides is 3. The summed E-state index contributed by atoms with van der Waals surface area (Å²) in [6.07, 6.45) is -3.71. The van der Waals surface area contributed by atoms with E-state index < -0.39 is 12.7 Å². The molecule has 0 aliphatic carbocycles. The predicted octanol–water partition coefficient (Wildman–Crippen LogP) is 2.57. The maximum Gasteiger partial charge on any atom is 0.401 e. The van der Waals surface area contributed by atoms with E-state index in [9.17, 15) is 13.2 Å². The van der Waals surface area contributed by atoms with Gasteiger partial charge in [0, 0.05) is 11.5 Å². The monoisotopic (exact) mass is 210 g/mol. The summed E-state index contributed by atoms with van der Waals surface area (Å²) in [5.41, 5.74) is 7.94. The zero-order chi connectivity index (χ0) is 11.0. The van der Waals surface area contributed by atoms with Gasteiger partial charge in [0.15, 0.2) is 0 Å². The fourth-order valence-electron chi connectivity index (χ4n) is 1.01. The molecule has 0 rings (SSSR count). The van der Waals surface area contributed by atoms with E-state index in [1.807, 2.05) is 0 Å². The molecule has 0 heterocycles. The molecule has 7 heteroatoms. The molecule has 0 aromatic carbocycles. The quantitative estimate of drug-likeness (QED) is 0.287. The Morgan fingerprint density at radius 3 is 2.50 bits per heavy atom. The van der Waals surface area contributed by atoms with Crippen molar-refractivity contribution in [2.45, 2.75) is 19.5 Å². The molecular formula is C7H13F3N4. The van der Waals surface area contributed by atoms with Gasteiger partial charge in [-0.25, -0.2) is 0 Å². The second kappa shape index (κ2) is 6.50. The highest BCUT2D eigenvalue weighted by molar-refractivity contribution is 4.62. The molecule has 0 amide bonds. The molecule has 14 heavy (non-hydrogen) atoms. The van der Waals surface area contributed by atoms with Crippen molar-refractivity contribution in [3.63, 3.8) is 0 Å². The summed E-state index contributed by atoms with van der Waals surface area (Å²) in [4.78, 5) is 3.79. The maximum absolute atomic E-state index is 11.9. The van der Waals surface area contributed by atoms with Crippen molar-refractivity contribution in [3.05, 3.63) is 10.4 Å². The third kappa shape index (κ3) is 7.70. The topological polar surface area (TPSA) is 52.0 Å². The Kier molecular flexibility index (Phi) is 6.07. The molecule has 0 aliphatic rings. The Morgan fingerprint density at radius 1 is 1.43 bits per heavy atom. The van der Waals surface area contributed by atoms with Gasteiger partial charge in [0.05, 0.1) is 6.54 Å². The number of hydrogen-bond donors (Lipinski definition) is 0. The van der Waals surface area contributed by atoms with E-state index in [-0.39, 0.29) is 6.54 Å². The van der Waals surface area contributed by atoms with Gasteiger partial charge in [0.2, 0.25) is 0 Å². The van der Waals surface area contributed by atoms with Gasteiger partial charge >= 0.3 is 6.18 Å². The molecule has 0 N–H and O–H groups in total. The molecule has 4 nitrogen and oxygen atoms in total. The van der Waals surface area contributed by atoms with Crippen molar-refractivity contribution in [1.29, 1.82) is 0 Å². The van der Waals surface area contributed by atoms with Crippen LogP contribution < -0.4 is 0 Å². The van der Waals surface area contributed by atoms with Crippen LogP contribution in [0.3, 0.4) is 0 Å². The van der Waals surface area contributed by atoms with Crippen LogP contribution in [0.5, 0.6) is 0 Å². The maximum atomic E-state index is 11.9. The normalized spacial score (nSPS) is 11.5. The van der Waals surface area contributed by atoms with Gasteiger partial charge in [-0.2, -0.15) is 13.2 Å². The zero-order valence-corrected chi connectivity index (χ0v) is 7.96. The molecule has 0 atom stereocenters. The van der Waals surface area contributed by atoms with Crippen molar-refractivity contribution < 1.29 is 13.2 Å². The van der Waals surface area contributed by atoms with Crippen molar-refractivity contribution in [2.75, 3.05) is 26.2 Å². The van der Waals surface area contributed by atoms with E-state index in [1.165, 1.54) is 4.90 Å². The van der Waals surface area contributed by atoms with Crippen LogP contribution in [0.25, 0.3) is 10.4 Å². The minimum Gasteiger partial charge on any atom is -0.295 e. The van der Waals surface area contributed by atoms with Gasteiger partial charge in [-0.3, -0.25) is 4.90 Å². The molecular weight excluding hydrogens is 197 g/mol. The first kappa shape index (κ1) is 13.1. The van der Waals surface area contributed by atoms with Crippen LogP contribution in [0.4, 0.5) is 13.2 Å². The molecule has 0 bridgehead atoms. The first-order valence-electron chi connectivity index (χ1n) is 4.29. The molecule has 0 spiro atoms. The van der Waals surface area contributed by atoms with Gasteiger partial charge in [-0.15, -0.1) is 0 Å². The second-order valence-electron chi connectivity index (χ2n) is 2.79. The van der Waals surface area contributed by atoms with Crippen molar-refractivity contribution >= 4 is 0 Å². The number of azide groups is 1. The number of nitrogens with zero attached hydrogens (tertiary/aromatic N) is 4. The second-order valence-corrected chi connectivity index (χ2v) is 2.79. The molecule has 0 saturated heterocycles. The first-order valence-corrected chi connectivity index (χ1v) is 4.29. The summed E-state index contributed by atoms with van der Waals surface area (Å²) in [7, 11) is 0. The lowest BCUT2D eigenvalue weighted by Gasteiger charge is -2.21. The van der Waals surface area contributed by atoms with E-state index in [2.05, 4.69) is 10.0 Å². The molecule has 0 radical (unpaired) electrons. The van der Waals surface area contributed by atoms with Crippen molar-refractivity contribution in [2.24, 2.45) is 5.11 Å². The molecule has 0 unspecified atom stereocenters. The van der Waals surface area contributed by atoms with Gasteiger partial charge in [-0.1, -0.05) is 12.0 Å². The smallest absolute Gasteiger partial charge is 0.295 e. The van der Waals surface area contributed by atoms with E-state index in [4.69, 9.17) is 5.53 Å². The van der Waals surface area contributed by atoms with Crippen LogP contribution in [0, 0.1) is 0 Å². The third-order valence-electron chi connectivity index (χ3n) is 1.65. The summed E-state index contributed by atoms with van der Waals surface area (Å²) in [5.74, 6) is 0. The first-order chi connectivity index (χ1) is 6.49. The predicted molar refractivity (Wildman–Crippen MR) is 46.8 cm³/mol. The highest BCUT2D eigenvalue weighted by atomic mass is 19.4. The summed E-state index contributed by atoms with van der Waals surface area (Å²) in [6.45, 7) is 1.65. The minimum atomic E-state index is -4.16. The largest absolute Gasteiger partial charge is 0.401 e. The van der Waals surface area contributed by atoms with E-state index in [0.717, 1.165) is 0 Å². The number of rotatable bonds is 6. The third-order valence-corrected chi connectivity index (χ3v) is 1.65. The Balaban J connectivity index is 3.74. The van der Waals surface area contributed by atoms with Crippen LogP contribution in [0.15, 0.2) is 5.11 Å². The minimum absolute atomic E-state index is 0.241. The molecule has 0 aromatic heterocycles. The molecule has 0 aliphatic heterocycles. The summed E-state index contributed by atoms with van der Waals surface area (Å²) in [5, 5.41) is 3.25. The average Bonchev–Trinajstić information content (AvgIpc) is 2.08. The van der Waals surface area contributed by atoms with E-state index in [0.29, 0.717) is 19.5 Å². The van der Waals surface area contributed by atoms with Crippen LogP contribution in [0.1, 0.15) is 13.3 Å². The Hall–Kier alpha value is -0.940. The van der Waals surface area contributed by atoms with Crippen molar-refractivity contribution in [3.8, 4) is 0 Å². The average molecular weight is 210 g/mol. The van der Waals surface area contributed by atoms with Gasteiger partial charge in [-0.05, 0) is 25.0 Å². The lowest BCUT2D eigenvalue weighted by atomic mass is 10.3. The lowest BCUT2D eigenvalue weighted by Crippen LogP contribution is -2.35. The highest BCUT2D eigenvalue weighted by Crippen LogP contribution is 2.16. The summed E-state index contributed by atoms with van der Waals surface area (Å²) < 4.78 is 35.8. The van der Waals surface area contributed by atoms with Crippen LogP contribution in [-0.4, -0.2) is 37.3 Å². The van der Waals surface area contributed by atoms with Gasteiger partial charge < -0.3 is 0 Å². The van der Waals surface area contributed by atoms with E-state index >= 15 is 0 Å². The molecule has 0 fully saturated rings. The Bertz CT molecular complexity index is 198.